The lowest BCUT2D eigenvalue weighted by molar-refractivity contribution is 0.126. The van der Waals surface area contributed by atoms with Gasteiger partial charge in [-0.2, -0.15) is 0 Å². The largest absolute Gasteiger partial charge is 0.299 e. The summed E-state index contributed by atoms with van der Waals surface area (Å²) in [7, 11) is 0. The summed E-state index contributed by atoms with van der Waals surface area (Å²) in [6.45, 7) is 0.442. The van der Waals surface area contributed by atoms with Crippen LogP contribution in [0.5, 0.6) is 0 Å². The van der Waals surface area contributed by atoms with Crippen LogP contribution in [0.1, 0.15) is 4.88 Å². The molecular weight excluding hydrogens is 158 g/mol. The van der Waals surface area contributed by atoms with Crippen molar-refractivity contribution in [2.45, 2.75) is 6.61 Å². The Bertz CT molecular complexity index is 189. The molecule has 0 aliphatic carbocycles. The van der Waals surface area contributed by atoms with Gasteiger partial charge in [0.2, 0.25) is 0 Å². The first-order valence-corrected chi connectivity index (χ1v) is 3.58. The molecule has 0 aliphatic rings. The van der Waals surface area contributed by atoms with E-state index in [-0.39, 0.29) is 0 Å². The molecule has 1 heterocycles. The smallest absolute Gasteiger partial charge is 0.102 e. The monoisotopic (exact) mass is 163 g/mol. The number of nitrogens with two attached hydrogens (primary N) is 1. The van der Waals surface area contributed by atoms with Gasteiger partial charge >= 0.3 is 0 Å². The highest BCUT2D eigenvalue weighted by Crippen LogP contribution is 2.21. The zero-order valence-electron chi connectivity index (χ0n) is 4.63. The molecule has 0 saturated carbocycles. The van der Waals surface area contributed by atoms with Crippen LogP contribution in [-0.2, 0) is 11.4 Å². The Balaban J connectivity index is 2.61. The highest BCUT2D eigenvalue weighted by Gasteiger charge is 1.94. The van der Waals surface area contributed by atoms with E-state index in [0.29, 0.717) is 6.61 Å². The lowest BCUT2D eigenvalue weighted by atomic mass is 10.5. The fraction of sp³-hybridized carbons (Fsp3) is 0.200. The Morgan fingerprint density at radius 1 is 1.67 bits per heavy atom. The van der Waals surface area contributed by atoms with Gasteiger partial charge in [0, 0.05) is 4.88 Å². The number of hydrogen-bond donors (Lipinski definition) is 1. The fourth-order valence-corrected chi connectivity index (χ4v) is 1.52. The Morgan fingerprint density at radius 3 is 2.89 bits per heavy atom. The minimum atomic E-state index is 0.442. The molecule has 1 aromatic heterocycles. The van der Waals surface area contributed by atoms with E-state index in [0.717, 1.165) is 9.21 Å². The van der Waals surface area contributed by atoms with E-state index in [1.54, 1.807) is 0 Å². The van der Waals surface area contributed by atoms with Gasteiger partial charge in [0.25, 0.3) is 0 Å². The first-order valence-electron chi connectivity index (χ1n) is 2.39. The van der Waals surface area contributed by atoms with Crippen LogP contribution < -0.4 is 5.90 Å². The minimum Gasteiger partial charge on any atom is -0.299 e. The highest BCUT2D eigenvalue weighted by atomic mass is 35.5. The van der Waals surface area contributed by atoms with Crippen molar-refractivity contribution < 1.29 is 4.84 Å². The summed E-state index contributed by atoms with van der Waals surface area (Å²) in [5.41, 5.74) is 0. The molecule has 9 heavy (non-hydrogen) atoms. The third kappa shape index (κ3) is 1.95. The molecule has 0 atom stereocenters. The molecule has 2 N–H and O–H groups in total. The first-order chi connectivity index (χ1) is 4.33. The summed E-state index contributed by atoms with van der Waals surface area (Å²) < 4.78 is 0.766. The molecular formula is C5H6ClNOS. The predicted octanol–water partition coefficient (Wildman–Crippen LogP) is 1.79. The zero-order chi connectivity index (χ0) is 6.69. The summed E-state index contributed by atoms with van der Waals surface area (Å²) in [4.78, 5) is 5.44. The summed E-state index contributed by atoms with van der Waals surface area (Å²) in [6, 6.07) is 3.71. The van der Waals surface area contributed by atoms with Crippen molar-refractivity contribution in [3.05, 3.63) is 21.3 Å². The summed E-state index contributed by atoms with van der Waals surface area (Å²) in [5, 5.41) is 0. The maximum Gasteiger partial charge on any atom is 0.102 e. The van der Waals surface area contributed by atoms with Crippen LogP contribution in [0.3, 0.4) is 0 Å². The fourth-order valence-electron chi connectivity index (χ4n) is 0.511. The zero-order valence-corrected chi connectivity index (χ0v) is 6.21. The van der Waals surface area contributed by atoms with Gasteiger partial charge in [-0.1, -0.05) is 11.6 Å². The predicted molar refractivity (Wildman–Crippen MR) is 38.3 cm³/mol. The third-order valence-electron chi connectivity index (χ3n) is 0.854. The lowest BCUT2D eigenvalue weighted by Crippen LogP contribution is -1.96. The molecule has 0 bridgehead atoms. The highest BCUT2D eigenvalue weighted by molar-refractivity contribution is 7.16. The summed E-state index contributed by atoms with van der Waals surface area (Å²) in [5.74, 6) is 4.83. The molecule has 50 valence electrons. The Hall–Kier alpha value is -0.0900. The molecule has 2 nitrogen and oxygen atoms in total. The molecule has 0 aromatic carbocycles. The molecule has 0 unspecified atom stereocenters. The van der Waals surface area contributed by atoms with E-state index in [4.69, 9.17) is 17.5 Å². The van der Waals surface area contributed by atoms with E-state index in [9.17, 15) is 0 Å². The van der Waals surface area contributed by atoms with Crippen molar-refractivity contribution in [2.24, 2.45) is 5.90 Å². The van der Waals surface area contributed by atoms with Crippen LogP contribution in [0.4, 0.5) is 0 Å². The number of thiophene rings is 1. The van der Waals surface area contributed by atoms with Crippen molar-refractivity contribution in [1.82, 2.24) is 0 Å². The van der Waals surface area contributed by atoms with Gasteiger partial charge in [-0.25, -0.2) is 5.90 Å². The lowest BCUT2D eigenvalue weighted by Gasteiger charge is -1.88. The van der Waals surface area contributed by atoms with Gasteiger partial charge in [0.1, 0.15) is 6.61 Å². The number of halogens is 1. The first kappa shape index (κ1) is 7.02. The second kappa shape index (κ2) is 3.17. The molecule has 0 spiro atoms. The topological polar surface area (TPSA) is 35.2 Å². The van der Waals surface area contributed by atoms with Crippen molar-refractivity contribution >= 4 is 22.9 Å². The Labute approximate surface area is 62.1 Å². The van der Waals surface area contributed by atoms with Crippen molar-refractivity contribution in [3.8, 4) is 0 Å². The van der Waals surface area contributed by atoms with Gasteiger partial charge in [-0.3, -0.25) is 4.84 Å². The molecule has 1 aromatic rings. The standard InChI is InChI=1S/C5H6ClNOS/c6-5-2-1-4(9-5)3-8-7/h1-2H,3,7H2. The average Bonchev–Trinajstić information content (AvgIpc) is 2.17. The molecule has 0 saturated heterocycles. The summed E-state index contributed by atoms with van der Waals surface area (Å²) in [6.07, 6.45) is 0. The van der Waals surface area contributed by atoms with E-state index >= 15 is 0 Å². The van der Waals surface area contributed by atoms with E-state index in [2.05, 4.69) is 4.84 Å². The molecule has 1 rings (SSSR count). The molecule has 0 radical (unpaired) electrons. The maximum atomic E-state index is 5.62. The van der Waals surface area contributed by atoms with Crippen LogP contribution >= 0.6 is 22.9 Å². The molecule has 0 fully saturated rings. The quantitative estimate of drug-likeness (QED) is 0.675. The number of rotatable bonds is 2. The van der Waals surface area contributed by atoms with Crippen LogP contribution in [0.15, 0.2) is 12.1 Å². The molecule has 0 amide bonds. The average molecular weight is 164 g/mol. The molecule has 0 aliphatic heterocycles. The van der Waals surface area contributed by atoms with Gasteiger partial charge in [-0.05, 0) is 12.1 Å². The van der Waals surface area contributed by atoms with Crippen LogP contribution in [-0.4, -0.2) is 0 Å². The number of hydrogen-bond acceptors (Lipinski definition) is 3. The summed E-state index contributed by atoms with van der Waals surface area (Å²) >= 11 is 7.09. The molecule has 4 heteroatoms. The third-order valence-corrected chi connectivity index (χ3v) is 2.06. The van der Waals surface area contributed by atoms with E-state index in [1.807, 2.05) is 12.1 Å². The van der Waals surface area contributed by atoms with Crippen LogP contribution in [0, 0.1) is 0 Å². The SMILES string of the molecule is NOCc1ccc(Cl)s1. The normalized spacial score (nSPS) is 10.0. The van der Waals surface area contributed by atoms with Crippen molar-refractivity contribution in [3.63, 3.8) is 0 Å². The van der Waals surface area contributed by atoms with Gasteiger partial charge < -0.3 is 0 Å². The van der Waals surface area contributed by atoms with Crippen LogP contribution in [0.2, 0.25) is 4.34 Å². The van der Waals surface area contributed by atoms with Gasteiger partial charge in [0.15, 0.2) is 0 Å². The maximum absolute atomic E-state index is 5.62. The van der Waals surface area contributed by atoms with Gasteiger partial charge in [0.05, 0.1) is 4.34 Å². The van der Waals surface area contributed by atoms with E-state index < -0.39 is 0 Å². The Morgan fingerprint density at radius 2 is 2.44 bits per heavy atom. The van der Waals surface area contributed by atoms with Gasteiger partial charge in [-0.15, -0.1) is 11.3 Å². The minimum absolute atomic E-state index is 0.442. The van der Waals surface area contributed by atoms with Crippen LogP contribution in [0.25, 0.3) is 0 Å². The van der Waals surface area contributed by atoms with Crippen molar-refractivity contribution in [2.75, 3.05) is 0 Å². The van der Waals surface area contributed by atoms with Crippen molar-refractivity contribution in [1.29, 1.82) is 0 Å². The second-order valence-electron chi connectivity index (χ2n) is 1.52. The Kier molecular flexibility index (Phi) is 2.48. The van der Waals surface area contributed by atoms with E-state index in [1.165, 1.54) is 11.3 Å². The second-order valence-corrected chi connectivity index (χ2v) is 3.32.